The quantitative estimate of drug-likeness (QED) is 0.452. The molecule has 3 N–H and O–H groups in total. The van der Waals surface area contributed by atoms with Crippen LogP contribution in [0.2, 0.25) is 0 Å². The molecule has 0 radical (unpaired) electrons. The Labute approximate surface area is 160 Å². The number of nitrogens with zero attached hydrogens (tertiary/aromatic N) is 2. The molecule has 2 heterocycles. The largest absolute Gasteiger partial charge is 0.389 e. The molecule has 1 aromatic heterocycles. The topological polar surface area (TPSA) is 69.1 Å². The molecule has 7 heteroatoms. The predicted octanol–water partition coefficient (Wildman–Crippen LogP) is 2.06. The molecule has 1 aliphatic carbocycles. The number of hydrogen-bond donors (Lipinski definition) is 3. The van der Waals surface area contributed by atoms with Gasteiger partial charge in [-0.2, -0.15) is 0 Å². The van der Waals surface area contributed by atoms with E-state index in [1.165, 1.54) is 17.8 Å². The minimum absolute atomic E-state index is 0.369. The third-order valence-electron chi connectivity index (χ3n) is 4.82. The van der Waals surface area contributed by atoms with Gasteiger partial charge in [-0.25, -0.2) is 0 Å². The standard InChI is InChI=1S/C19H32N4O2S/c1-2-20-19(21-12-17(24)14-25-13-15-5-6-15)22-16-7-9-23(10-8-16)18-4-3-11-26-18/h3-4,11,15-17,24H,2,5-10,12-14H2,1H3,(H2,20,21,22). The number of piperidine rings is 1. The Balaban J connectivity index is 1.39. The van der Waals surface area contributed by atoms with Crippen LogP contribution in [0.3, 0.4) is 0 Å². The first-order valence-corrected chi connectivity index (χ1v) is 10.7. The van der Waals surface area contributed by atoms with Crippen LogP contribution in [0, 0.1) is 5.92 Å². The third kappa shape index (κ3) is 6.45. The Hall–Kier alpha value is -1.31. The van der Waals surface area contributed by atoms with Gasteiger partial charge >= 0.3 is 0 Å². The summed E-state index contributed by atoms with van der Waals surface area (Å²) >= 11 is 1.81. The molecule has 0 aromatic carbocycles. The van der Waals surface area contributed by atoms with Crippen LogP contribution in [0.5, 0.6) is 0 Å². The second kappa shape index (κ2) is 10.1. The minimum Gasteiger partial charge on any atom is -0.389 e. The maximum absolute atomic E-state index is 10.1. The SMILES string of the molecule is CCNC(=NCC(O)COCC1CC1)NC1CCN(c2cccs2)CC1. The summed E-state index contributed by atoms with van der Waals surface area (Å²) in [4.78, 5) is 6.99. The average Bonchev–Trinajstić information content (AvgIpc) is 3.31. The second-order valence-corrected chi connectivity index (χ2v) is 8.14. The lowest BCUT2D eigenvalue weighted by atomic mass is 10.1. The van der Waals surface area contributed by atoms with E-state index in [9.17, 15) is 5.11 Å². The van der Waals surface area contributed by atoms with Gasteiger partial charge in [0.25, 0.3) is 0 Å². The third-order valence-corrected chi connectivity index (χ3v) is 5.75. The summed E-state index contributed by atoms with van der Waals surface area (Å²) in [7, 11) is 0. The molecule has 3 rings (SSSR count). The van der Waals surface area contributed by atoms with E-state index in [2.05, 4.69) is 45.0 Å². The van der Waals surface area contributed by atoms with Gasteiger partial charge in [0.1, 0.15) is 0 Å². The van der Waals surface area contributed by atoms with Crippen molar-refractivity contribution in [2.24, 2.45) is 10.9 Å². The van der Waals surface area contributed by atoms with Crippen molar-refractivity contribution < 1.29 is 9.84 Å². The van der Waals surface area contributed by atoms with Crippen molar-refractivity contribution in [2.45, 2.75) is 44.8 Å². The smallest absolute Gasteiger partial charge is 0.191 e. The summed E-state index contributed by atoms with van der Waals surface area (Å²) in [6.45, 7) is 6.53. The lowest BCUT2D eigenvalue weighted by molar-refractivity contribution is 0.0368. The van der Waals surface area contributed by atoms with Crippen LogP contribution >= 0.6 is 11.3 Å². The zero-order valence-corrected chi connectivity index (χ0v) is 16.5. The highest BCUT2D eigenvalue weighted by atomic mass is 32.1. The molecule has 26 heavy (non-hydrogen) atoms. The van der Waals surface area contributed by atoms with Gasteiger partial charge in [0.05, 0.1) is 24.3 Å². The van der Waals surface area contributed by atoms with E-state index >= 15 is 0 Å². The minimum atomic E-state index is -0.537. The maximum Gasteiger partial charge on any atom is 0.191 e. The van der Waals surface area contributed by atoms with E-state index < -0.39 is 6.10 Å². The van der Waals surface area contributed by atoms with Gasteiger partial charge in [-0.05, 0) is 56.0 Å². The van der Waals surface area contributed by atoms with Crippen LogP contribution < -0.4 is 15.5 Å². The monoisotopic (exact) mass is 380 g/mol. The normalized spacial score (nSPS) is 20.2. The van der Waals surface area contributed by atoms with E-state index in [1.807, 2.05) is 0 Å². The van der Waals surface area contributed by atoms with Gasteiger partial charge in [0, 0.05) is 32.3 Å². The first-order valence-electron chi connectivity index (χ1n) is 9.83. The number of aliphatic hydroxyl groups is 1. The van der Waals surface area contributed by atoms with Crippen molar-refractivity contribution in [2.75, 3.05) is 44.3 Å². The molecule has 1 saturated heterocycles. The molecule has 1 saturated carbocycles. The van der Waals surface area contributed by atoms with Gasteiger partial charge in [-0.15, -0.1) is 11.3 Å². The van der Waals surface area contributed by atoms with Crippen LogP contribution in [-0.4, -0.2) is 62.6 Å². The summed E-state index contributed by atoms with van der Waals surface area (Å²) in [5, 5.41) is 20.4. The Bertz CT molecular complexity index is 540. The number of aliphatic hydroxyl groups excluding tert-OH is 1. The second-order valence-electron chi connectivity index (χ2n) is 7.21. The number of ether oxygens (including phenoxy) is 1. The van der Waals surface area contributed by atoms with Gasteiger partial charge in [0.15, 0.2) is 5.96 Å². The van der Waals surface area contributed by atoms with Gasteiger partial charge in [-0.3, -0.25) is 4.99 Å². The Morgan fingerprint density at radius 1 is 1.38 bits per heavy atom. The number of guanidine groups is 1. The zero-order valence-electron chi connectivity index (χ0n) is 15.7. The summed E-state index contributed by atoms with van der Waals surface area (Å²) in [5.41, 5.74) is 0. The summed E-state index contributed by atoms with van der Waals surface area (Å²) in [5.74, 6) is 1.52. The highest BCUT2D eigenvalue weighted by molar-refractivity contribution is 7.14. The number of aliphatic imine (C=N–C) groups is 1. The summed E-state index contributed by atoms with van der Waals surface area (Å²) in [6, 6.07) is 4.73. The van der Waals surface area contributed by atoms with E-state index in [0.29, 0.717) is 19.2 Å². The first kappa shape index (κ1) is 19.5. The van der Waals surface area contributed by atoms with E-state index in [-0.39, 0.29) is 0 Å². The number of thiophene rings is 1. The van der Waals surface area contributed by atoms with Gasteiger partial charge in [0.2, 0.25) is 0 Å². The summed E-state index contributed by atoms with van der Waals surface area (Å²) < 4.78 is 5.54. The van der Waals surface area contributed by atoms with Gasteiger partial charge < -0.3 is 25.4 Å². The van der Waals surface area contributed by atoms with Crippen LogP contribution in [0.1, 0.15) is 32.6 Å². The van der Waals surface area contributed by atoms with Crippen molar-refractivity contribution in [3.63, 3.8) is 0 Å². The fraction of sp³-hybridized carbons (Fsp3) is 0.737. The zero-order chi connectivity index (χ0) is 18.2. The Morgan fingerprint density at radius 3 is 2.85 bits per heavy atom. The molecule has 2 aliphatic rings. The van der Waals surface area contributed by atoms with Crippen LogP contribution in [-0.2, 0) is 4.74 Å². The Morgan fingerprint density at radius 2 is 2.19 bits per heavy atom. The summed E-state index contributed by atoms with van der Waals surface area (Å²) in [6.07, 6.45) is 4.19. The highest BCUT2D eigenvalue weighted by Gasteiger charge is 2.22. The lowest BCUT2D eigenvalue weighted by Crippen LogP contribution is -2.49. The van der Waals surface area contributed by atoms with Crippen molar-refractivity contribution in [1.82, 2.24) is 10.6 Å². The van der Waals surface area contributed by atoms with Crippen LogP contribution in [0.15, 0.2) is 22.5 Å². The van der Waals surface area contributed by atoms with Crippen molar-refractivity contribution in [3.8, 4) is 0 Å². The van der Waals surface area contributed by atoms with E-state index in [1.54, 1.807) is 11.3 Å². The molecule has 0 spiro atoms. The number of anilines is 1. The fourth-order valence-corrected chi connectivity index (χ4v) is 3.90. The van der Waals surface area contributed by atoms with E-state index in [4.69, 9.17) is 4.74 Å². The molecular weight excluding hydrogens is 348 g/mol. The molecule has 1 unspecified atom stereocenters. The molecule has 6 nitrogen and oxygen atoms in total. The molecule has 0 bridgehead atoms. The maximum atomic E-state index is 10.1. The average molecular weight is 381 g/mol. The van der Waals surface area contributed by atoms with Crippen LogP contribution in [0.4, 0.5) is 5.00 Å². The molecule has 146 valence electrons. The molecule has 1 aliphatic heterocycles. The van der Waals surface area contributed by atoms with Crippen LogP contribution in [0.25, 0.3) is 0 Å². The van der Waals surface area contributed by atoms with Crippen molar-refractivity contribution in [1.29, 1.82) is 0 Å². The fourth-order valence-electron chi connectivity index (χ4n) is 3.11. The molecular formula is C19H32N4O2S. The number of hydrogen-bond acceptors (Lipinski definition) is 5. The van der Waals surface area contributed by atoms with Crippen molar-refractivity contribution in [3.05, 3.63) is 17.5 Å². The highest BCUT2D eigenvalue weighted by Crippen LogP contribution is 2.28. The van der Waals surface area contributed by atoms with Gasteiger partial charge in [-0.1, -0.05) is 0 Å². The predicted molar refractivity (Wildman–Crippen MR) is 108 cm³/mol. The molecule has 1 atom stereocenters. The molecule has 1 aromatic rings. The Kier molecular flexibility index (Phi) is 7.58. The van der Waals surface area contributed by atoms with Crippen molar-refractivity contribution >= 4 is 22.3 Å². The number of rotatable bonds is 9. The lowest BCUT2D eigenvalue weighted by Gasteiger charge is -2.33. The molecule has 0 amide bonds. The molecule has 2 fully saturated rings. The first-order chi connectivity index (χ1) is 12.7. The van der Waals surface area contributed by atoms with E-state index in [0.717, 1.165) is 51.0 Å². The number of nitrogens with one attached hydrogen (secondary N) is 2.